The maximum absolute atomic E-state index is 5.60. The molecule has 3 aromatic rings. The van der Waals surface area contributed by atoms with Gasteiger partial charge in [-0.1, -0.05) is 24.3 Å². The van der Waals surface area contributed by atoms with Gasteiger partial charge in [-0.2, -0.15) is 0 Å². The average molecular weight is 322 g/mol. The summed E-state index contributed by atoms with van der Waals surface area (Å²) in [6, 6.07) is 15.1. The molecule has 0 bridgehead atoms. The highest BCUT2D eigenvalue weighted by atomic mass is 16.5. The summed E-state index contributed by atoms with van der Waals surface area (Å²) in [6.45, 7) is 5.00. The third-order valence-corrected chi connectivity index (χ3v) is 3.33. The molecule has 0 N–H and O–H groups in total. The number of aromatic nitrogens is 4. The average Bonchev–Trinajstić information content (AvgIpc) is 2.64. The van der Waals surface area contributed by atoms with Crippen LogP contribution in [0, 0.1) is 0 Å². The first-order chi connectivity index (χ1) is 11.8. The van der Waals surface area contributed by atoms with Gasteiger partial charge in [0, 0.05) is 0 Å². The van der Waals surface area contributed by atoms with Gasteiger partial charge in [0.05, 0.1) is 24.3 Å². The van der Waals surface area contributed by atoms with Crippen molar-refractivity contribution in [2.75, 3.05) is 13.2 Å². The molecule has 6 heteroatoms. The molecule has 0 aliphatic heterocycles. The first-order valence-corrected chi connectivity index (χ1v) is 7.85. The Morgan fingerprint density at radius 1 is 0.625 bits per heavy atom. The van der Waals surface area contributed by atoms with E-state index < -0.39 is 0 Å². The van der Waals surface area contributed by atoms with E-state index in [4.69, 9.17) is 9.47 Å². The molecule has 122 valence electrons. The molecule has 3 rings (SSSR count). The zero-order valence-corrected chi connectivity index (χ0v) is 13.6. The lowest BCUT2D eigenvalue weighted by atomic mass is 10.2. The zero-order valence-electron chi connectivity index (χ0n) is 13.6. The van der Waals surface area contributed by atoms with E-state index in [9.17, 15) is 0 Å². The van der Waals surface area contributed by atoms with Gasteiger partial charge in [-0.15, -0.1) is 20.4 Å². The molecule has 0 spiro atoms. The smallest absolute Gasteiger partial charge is 0.207 e. The fourth-order valence-electron chi connectivity index (χ4n) is 2.31. The third-order valence-electron chi connectivity index (χ3n) is 3.33. The molecule has 0 aliphatic carbocycles. The van der Waals surface area contributed by atoms with Gasteiger partial charge in [0.2, 0.25) is 11.6 Å². The van der Waals surface area contributed by atoms with Gasteiger partial charge in [-0.3, -0.25) is 0 Å². The quantitative estimate of drug-likeness (QED) is 0.693. The monoisotopic (exact) mass is 322 g/mol. The molecule has 24 heavy (non-hydrogen) atoms. The lowest BCUT2D eigenvalue weighted by molar-refractivity contribution is 0.341. The number of nitrogens with zero attached hydrogens (tertiary/aromatic N) is 4. The highest BCUT2D eigenvalue weighted by molar-refractivity contribution is 5.65. The number of benzene rings is 2. The van der Waals surface area contributed by atoms with Crippen molar-refractivity contribution >= 4 is 0 Å². The fourth-order valence-corrected chi connectivity index (χ4v) is 2.31. The zero-order chi connectivity index (χ0) is 16.8. The van der Waals surface area contributed by atoms with Crippen LogP contribution < -0.4 is 9.47 Å². The number of rotatable bonds is 6. The van der Waals surface area contributed by atoms with Crippen LogP contribution in [-0.4, -0.2) is 33.6 Å². The predicted octanol–water partition coefficient (Wildman–Crippen LogP) is 3.40. The van der Waals surface area contributed by atoms with Crippen LogP contribution in [0.15, 0.2) is 48.5 Å². The van der Waals surface area contributed by atoms with E-state index in [0.717, 1.165) is 11.1 Å². The Morgan fingerprint density at radius 3 is 1.38 bits per heavy atom. The molecule has 0 fully saturated rings. The molecule has 0 saturated heterocycles. The molecular formula is C18H18N4O2. The largest absolute Gasteiger partial charge is 0.493 e. The lowest BCUT2D eigenvalue weighted by Gasteiger charge is -2.09. The summed E-state index contributed by atoms with van der Waals surface area (Å²) in [5.41, 5.74) is 1.54. The Morgan fingerprint density at radius 2 is 1.00 bits per heavy atom. The fraction of sp³-hybridized carbons (Fsp3) is 0.222. The molecule has 2 aromatic carbocycles. The third kappa shape index (κ3) is 3.32. The second-order valence-electron chi connectivity index (χ2n) is 4.91. The van der Waals surface area contributed by atoms with Crippen molar-refractivity contribution in [1.82, 2.24) is 20.4 Å². The lowest BCUT2D eigenvalue weighted by Crippen LogP contribution is -2.03. The van der Waals surface area contributed by atoms with Crippen LogP contribution in [0.25, 0.3) is 22.8 Å². The second kappa shape index (κ2) is 7.50. The Kier molecular flexibility index (Phi) is 4.96. The van der Waals surface area contributed by atoms with Gasteiger partial charge in [-0.25, -0.2) is 0 Å². The van der Waals surface area contributed by atoms with Crippen molar-refractivity contribution in [2.45, 2.75) is 13.8 Å². The van der Waals surface area contributed by atoms with Crippen LogP contribution in [0.3, 0.4) is 0 Å². The molecule has 0 saturated carbocycles. The van der Waals surface area contributed by atoms with Gasteiger partial charge in [0.25, 0.3) is 0 Å². The van der Waals surface area contributed by atoms with Gasteiger partial charge in [-0.05, 0) is 38.1 Å². The van der Waals surface area contributed by atoms with Crippen LogP contribution in [0.1, 0.15) is 13.8 Å². The molecule has 1 aromatic heterocycles. The highest BCUT2D eigenvalue weighted by Gasteiger charge is 2.13. The summed E-state index contributed by atoms with van der Waals surface area (Å²) in [5, 5.41) is 16.8. The molecule has 6 nitrogen and oxygen atoms in total. The van der Waals surface area contributed by atoms with Crippen molar-refractivity contribution in [2.24, 2.45) is 0 Å². The van der Waals surface area contributed by atoms with Crippen LogP contribution in [-0.2, 0) is 0 Å². The molecule has 0 aliphatic rings. The predicted molar refractivity (Wildman–Crippen MR) is 90.8 cm³/mol. The van der Waals surface area contributed by atoms with E-state index >= 15 is 0 Å². The first kappa shape index (κ1) is 15.9. The minimum Gasteiger partial charge on any atom is -0.493 e. The summed E-state index contributed by atoms with van der Waals surface area (Å²) < 4.78 is 11.2. The van der Waals surface area contributed by atoms with E-state index in [1.165, 1.54) is 0 Å². The van der Waals surface area contributed by atoms with Crippen LogP contribution >= 0.6 is 0 Å². The maximum Gasteiger partial charge on any atom is 0.207 e. The minimum absolute atomic E-state index is 0.427. The molecule has 1 heterocycles. The van der Waals surface area contributed by atoms with Crippen LogP contribution in [0.4, 0.5) is 0 Å². The normalized spacial score (nSPS) is 10.4. The van der Waals surface area contributed by atoms with Gasteiger partial charge in [0.15, 0.2) is 0 Å². The number of para-hydroxylation sites is 2. The maximum atomic E-state index is 5.60. The van der Waals surface area contributed by atoms with Gasteiger partial charge in [0.1, 0.15) is 11.5 Å². The SMILES string of the molecule is CCOc1ccccc1-c1nnc(-c2ccccc2OCC)nn1. The minimum atomic E-state index is 0.427. The Labute approximate surface area is 140 Å². The molecule has 0 atom stereocenters. The van der Waals surface area contributed by atoms with Gasteiger partial charge >= 0.3 is 0 Å². The van der Waals surface area contributed by atoms with E-state index in [0.29, 0.717) is 36.4 Å². The molecule has 0 amide bonds. The topological polar surface area (TPSA) is 70.0 Å². The van der Waals surface area contributed by atoms with Crippen molar-refractivity contribution in [1.29, 1.82) is 0 Å². The van der Waals surface area contributed by atoms with E-state index in [1.807, 2.05) is 62.4 Å². The number of ether oxygens (including phenoxy) is 2. The Bertz CT molecular complexity index is 738. The molecule has 0 unspecified atom stereocenters. The summed E-state index contributed by atoms with van der Waals surface area (Å²) in [5.74, 6) is 2.28. The Hall–Kier alpha value is -3.02. The van der Waals surface area contributed by atoms with Crippen molar-refractivity contribution in [3.8, 4) is 34.3 Å². The van der Waals surface area contributed by atoms with Crippen molar-refractivity contribution in [3.05, 3.63) is 48.5 Å². The Balaban J connectivity index is 1.95. The van der Waals surface area contributed by atoms with E-state index in [2.05, 4.69) is 20.4 Å². The van der Waals surface area contributed by atoms with E-state index in [-0.39, 0.29) is 0 Å². The second-order valence-corrected chi connectivity index (χ2v) is 4.91. The molecule has 0 radical (unpaired) electrons. The van der Waals surface area contributed by atoms with Gasteiger partial charge < -0.3 is 9.47 Å². The highest BCUT2D eigenvalue weighted by Crippen LogP contribution is 2.29. The summed E-state index contributed by atoms with van der Waals surface area (Å²) in [6.07, 6.45) is 0. The van der Waals surface area contributed by atoms with Crippen molar-refractivity contribution < 1.29 is 9.47 Å². The molecular weight excluding hydrogens is 304 g/mol. The summed E-state index contributed by atoms with van der Waals surface area (Å²) >= 11 is 0. The number of hydrogen-bond acceptors (Lipinski definition) is 6. The first-order valence-electron chi connectivity index (χ1n) is 7.85. The number of hydrogen-bond donors (Lipinski definition) is 0. The van der Waals surface area contributed by atoms with Crippen molar-refractivity contribution in [3.63, 3.8) is 0 Å². The van der Waals surface area contributed by atoms with E-state index in [1.54, 1.807) is 0 Å². The van der Waals surface area contributed by atoms with Crippen LogP contribution in [0.5, 0.6) is 11.5 Å². The summed E-state index contributed by atoms with van der Waals surface area (Å²) in [7, 11) is 0. The summed E-state index contributed by atoms with van der Waals surface area (Å²) in [4.78, 5) is 0. The standard InChI is InChI=1S/C18H18N4O2/c1-3-23-15-11-7-5-9-13(15)17-19-21-18(22-20-17)14-10-6-8-12-16(14)24-4-2/h5-12H,3-4H2,1-2H3. The van der Waals surface area contributed by atoms with Crippen LogP contribution in [0.2, 0.25) is 0 Å².